The average Bonchev–Trinajstić information content (AvgIpc) is 2.89. The molecule has 3 aromatic rings. The Hall–Kier alpha value is -2.99. The molecule has 0 aliphatic heterocycles. The number of nitrogens with two attached hydrogens (primary N) is 1. The zero-order chi connectivity index (χ0) is 18.5. The molecular formula is C19H19ClN4O2. The Kier molecular flexibility index (Phi) is 5.43. The van der Waals surface area contributed by atoms with Crippen LogP contribution in [0.25, 0.3) is 10.9 Å². The lowest BCUT2D eigenvalue weighted by Gasteiger charge is -2.10. The number of hydrogen-bond acceptors (Lipinski definition) is 3. The van der Waals surface area contributed by atoms with Crippen LogP contribution < -0.4 is 15.9 Å². The fourth-order valence-corrected chi connectivity index (χ4v) is 2.98. The Morgan fingerprint density at radius 2 is 2.00 bits per heavy atom. The number of primary amides is 1. The van der Waals surface area contributed by atoms with Crippen LogP contribution >= 0.6 is 11.6 Å². The largest absolute Gasteiger partial charge is 0.492 e. The van der Waals surface area contributed by atoms with E-state index in [4.69, 9.17) is 22.1 Å². The number of nitrogens with zero attached hydrogens (tertiary/aromatic N) is 2. The molecule has 2 aromatic carbocycles. The van der Waals surface area contributed by atoms with Gasteiger partial charge in [0.15, 0.2) is 0 Å². The van der Waals surface area contributed by atoms with Crippen LogP contribution in [-0.2, 0) is 6.54 Å². The zero-order valence-corrected chi connectivity index (χ0v) is 15.0. The van der Waals surface area contributed by atoms with E-state index in [-0.39, 0.29) is 0 Å². The number of para-hydroxylation sites is 1. The van der Waals surface area contributed by atoms with Crippen molar-refractivity contribution in [1.29, 1.82) is 0 Å². The maximum Gasteiger partial charge on any atom is 0.332 e. The van der Waals surface area contributed by atoms with Gasteiger partial charge in [0, 0.05) is 27.2 Å². The number of hydrogen-bond donors (Lipinski definition) is 2. The molecule has 6 nitrogen and oxygen atoms in total. The summed E-state index contributed by atoms with van der Waals surface area (Å²) in [5.74, 6) is 0.774. The molecule has 0 unspecified atom stereocenters. The minimum absolute atomic E-state index is 0.511. The van der Waals surface area contributed by atoms with Gasteiger partial charge in [0.2, 0.25) is 0 Å². The molecule has 2 amide bonds. The minimum atomic E-state index is -0.695. The molecule has 26 heavy (non-hydrogen) atoms. The normalized spacial score (nSPS) is 11.2. The highest BCUT2D eigenvalue weighted by Gasteiger charge is 2.12. The maximum atomic E-state index is 10.8. The third kappa shape index (κ3) is 3.97. The van der Waals surface area contributed by atoms with Crippen LogP contribution in [0, 0.1) is 6.92 Å². The Bertz CT molecular complexity index is 948. The summed E-state index contributed by atoms with van der Waals surface area (Å²) in [5, 5.41) is 5.62. The van der Waals surface area contributed by atoms with E-state index < -0.39 is 6.03 Å². The molecule has 0 fully saturated rings. The lowest BCUT2D eigenvalue weighted by atomic mass is 10.1. The first kappa shape index (κ1) is 17.8. The predicted octanol–water partition coefficient (Wildman–Crippen LogP) is 3.68. The third-order valence-electron chi connectivity index (χ3n) is 4.05. The van der Waals surface area contributed by atoms with Crippen molar-refractivity contribution in [3.8, 4) is 5.75 Å². The van der Waals surface area contributed by atoms with E-state index >= 15 is 0 Å². The Morgan fingerprint density at radius 3 is 2.73 bits per heavy atom. The van der Waals surface area contributed by atoms with E-state index in [9.17, 15) is 4.79 Å². The van der Waals surface area contributed by atoms with Gasteiger partial charge in [-0.05, 0) is 37.3 Å². The first-order chi connectivity index (χ1) is 12.6. The molecule has 0 saturated carbocycles. The van der Waals surface area contributed by atoms with E-state index in [1.165, 1.54) is 0 Å². The molecule has 0 spiro atoms. The van der Waals surface area contributed by atoms with Crippen LogP contribution in [0.15, 0.2) is 53.6 Å². The number of halogens is 1. The van der Waals surface area contributed by atoms with Crippen LogP contribution in [0.3, 0.4) is 0 Å². The van der Waals surface area contributed by atoms with Gasteiger partial charge in [-0.25, -0.2) is 10.2 Å². The number of benzene rings is 2. The van der Waals surface area contributed by atoms with Crippen LogP contribution in [0.1, 0.15) is 11.3 Å². The molecule has 0 bridgehead atoms. The zero-order valence-electron chi connectivity index (χ0n) is 14.3. The molecule has 7 heteroatoms. The molecule has 1 heterocycles. The second-order valence-corrected chi connectivity index (χ2v) is 6.14. The van der Waals surface area contributed by atoms with Gasteiger partial charge in [-0.2, -0.15) is 5.10 Å². The van der Waals surface area contributed by atoms with Crippen molar-refractivity contribution < 1.29 is 9.53 Å². The highest BCUT2D eigenvalue weighted by atomic mass is 35.5. The van der Waals surface area contributed by atoms with E-state index in [0.717, 1.165) is 27.9 Å². The van der Waals surface area contributed by atoms with Crippen LogP contribution in [-0.4, -0.2) is 23.4 Å². The van der Waals surface area contributed by atoms with Crippen molar-refractivity contribution in [2.45, 2.75) is 13.5 Å². The van der Waals surface area contributed by atoms with E-state index in [2.05, 4.69) is 15.1 Å². The number of carbonyl (C=O) groups is 1. The molecule has 0 saturated heterocycles. The number of ether oxygens (including phenoxy) is 1. The number of amides is 2. The van der Waals surface area contributed by atoms with Gasteiger partial charge in [-0.15, -0.1) is 0 Å². The Balaban J connectivity index is 1.81. The van der Waals surface area contributed by atoms with Crippen molar-refractivity contribution >= 4 is 34.7 Å². The molecular weight excluding hydrogens is 352 g/mol. The number of urea groups is 1. The highest BCUT2D eigenvalue weighted by Crippen LogP contribution is 2.24. The van der Waals surface area contributed by atoms with Crippen molar-refractivity contribution in [3.63, 3.8) is 0 Å². The fourth-order valence-electron chi connectivity index (χ4n) is 2.85. The molecule has 3 rings (SSSR count). The number of hydrazone groups is 1. The smallest absolute Gasteiger partial charge is 0.332 e. The van der Waals surface area contributed by atoms with Crippen molar-refractivity contribution in [2.24, 2.45) is 10.8 Å². The minimum Gasteiger partial charge on any atom is -0.492 e. The monoisotopic (exact) mass is 370 g/mol. The standard InChI is InChI=1S/C19H19ClN4O2/c1-13-17(12-22-23-19(21)25)16-4-2-3-5-18(16)24(13)10-11-26-15-8-6-14(20)7-9-15/h2-9,12H,10-11H2,1H3,(H3,21,23,25)/b22-12+. The Morgan fingerprint density at radius 1 is 1.27 bits per heavy atom. The second kappa shape index (κ2) is 7.93. The molecule has 0 radical (unpaired) electrons. The van der Waals surface area contributed by atoms with Gasteiger partial charge in [0.1, 0.15) is 12.4 Å². The summed E-state index contributed by atoms with van der Waals surface area (Å²) in [7, 11) is 0. The quantitative estimate of drug-likeness (QED) is 0.512. The second-order valence-electron chi connectivity index (χ2n) is 5.70. The Labute approximate surface area is 156 Å². The number of rotatable bonds is 6. The van der Waals surface area contributed by atoms with E-state index in [1.807, 2.05) is 43.3 Å². The summed E-state index contributed by atoms with van der Waals surface area (Å²) in [4.78, 5) is 10.8. The lowest BCUT2D eigenvalue weighted by Crippen LogP contribution is -2.24. The van der Waals surface area contributed by atoms with Gasteiger partial charge in [-0.1, -0.05) is 29.8 Å². The predicted molar refractivity (Wildman–Crippen MR) is 104 cm³/mol. The third-order valence-corrected chi connectivity index (χ3v) is 4.30. The lowest BCUT2D eigenvalue weighted by molar-refractivity contribution is 0.249. The van der Waals surface area contributed by atoms with Crippen molar-refractivity contribution in [3.05, 3.63) is 64.8 Å². The molecule has 0 atom stereocenters. The van der Waals surface area contributed by atoms with Gasteiger partial charge in [-0.3, -0.25) is 0 Å². The number of nitrogens with one attached hydrogen (secondary N) is 1. The van der Waals surface area contributed by atoms with Gasteiger partial charge in [0.25, 0.3) is 0 Å². The number of carbonyl (C=O) groups excluding carboxylic acids is 1. The molecule has 134 valence electrons. The summed E-state index contributed by atoms with van der Waals surface area (Å²) in [6.45, 7) is 3.19. The fraction of sp³-hybridized carbons (Fsp3) is 0.158. The van der Waals surface area contributed by atoms with Crippen LogP contribution in [0.2, 0.25) is 5.02 Å². The van der Waals surface area contributed by atoms with Crippen LogP contribution in [0.4, 0.5) is 4.79 Å². The highest BCUT2D eigenvalue weighted by molar-refractivity contribution is 6.30. The summed E-state index contributed by atoms with van der Waals surface area (Å²) in [6.07, 6.45) is 1.61. The van der Waals surface area contributed by atoms with Crippen molar-refractivity contribution in [1.82, 2.24) is 9.99 Å². The summed E-state index contributed by atoms with van der Waals surface area (Å²) >= 11 is 5.89. The van der Waals surface area contributed by atoms with Gasteiger partial charge < -0.3 is 15.0 Å². The number of fused-ring (bicyclic) bond motifs is 1. The van der Waals surface area contributed by atoms with E-state index in [0.29, 0.717) is 18.2 Å². The van der Waals surface area contributed by atoms with Crippen LogP contribution in [0.5, 0.6) is 5.75 Å². The summed E-state index contributed by atoms with van der Waals surface area (Å²) in [6, 6.07) is 14.6. The van der Waals surface area contributed by atoms with Gasteiger partial charge in [0.05, 0.1) is 12.8 Å². The van der Waals surface area contributed by atoms with E-state index in [1.54, 1.807) is 18.3 Å². The topological polar surface area (TPSA) is 81.6 Å². The van der Waals surface area contributed by atoms with Crippen molar-refractivity contribution in [2.75, 3.05) is 6.61 Å². The molecule has 3 N–H and O–H groups in total. The molecule has 1 aromatic heterocycles. The van der Waals surface area contributed by atoms with Gasteiger partial charge >= 0.3 is 6.03 Å². The molecule has 0 aliphatic rings. The number of aromatic nitrogens is 1. The SMILES string of the molecule is Cc1c(/C=N/NC(N)=O)c2ccccc2n1CCOc1ccc(Cl)cc1. The first-order valence-electron chi connectivity index (χ1n) is 8.11. The average molecular weight is 371 g/mol. The summed E-state index contributed by atoms with van der Waals surface area (Å²) in [5.41, 5.74) is 10.3. The maximum absolute atomic E-state index is 10.8. The molecule has 0 aliphatic carbocycles. The summed E-state index contributed by atoms with van der Waals surface area (Å²) < 4.78 is 7.97. The first-order valence-corrected chi connectivity index (χ1v) is 8.49.